The van der Waals surface area contributed by atoms with E-state index in [9.17, 15) is 4.39 Å². The summed E-state index contributed by atoms with van der Waals surface area (Å²) < 4.78 is 14.0. The fourth-order valence-corrected chi connectivity index (χ4v) is 4.76. The zero-order valence-electron chi connectivity index (χ0n) is 17.2. The molecular weight excluding hydrogens is 516 g/mol. The van der Waals surface area contributed by atoms with Gasteiger partial charge in [-0.25, -0.2) is 14.4 Å². The number of nitrogens with one attached hydrogen (secondary N) is 2. The Labute approximate surface area is 198 Å². The van der Waals surface area contributed by atoms with Crippen LogP contribution < -0.4 is 20.4 Å². The highest BCUT2D eigenvalue weighted by atomic mass is 127. The van der Waals surface area contributed by atoms with Gasteiger partial charge in [0.25, 0.3) is 0 Å². The summed E-state index contributed by atoms with van der Waals surface area (Å²) in [5, 5.41) is 10.1. The van der Waals surface area contributed by atoms with Crippen LogP contribution in [-0.2, 0) is 6.42 Å². The van der Waals surface area contributed by atoms with Gasteiger partial charge in [-0.3, -0.25) is 4.99 Å². The molecule has 10 heteroatoms. The molecule has 7 nitrogen and oxygen atoms in total. The van der Waals surface area contributed by atoms with E-state index in [0.29, 0.717) is 12.4 Å². The monoisotopic (exact) mass is 545 g/mol. The van der Waals surface area contributed by atoms with Gasteiger partial charge in [0, 0.05) is 63.8 Å². The van der Waals surface area contributed by atoms with Crippen LogP contribution in [-0.4, -0.2) is 61.7 Å². The first-order valence-corrected chi connectivity index (χ1v) is 11.1. The minimum Gasteiger partial charge on any atom is -0.356 e. The molecule has 30 heavy (non-hydrogen) atoms. The van der Waals surface area contributed by atoms with Gasteiger partial charge >= 0.3 is 0 Å². The average Bonchev–Trinajstić information content (AvgIpc) is 3.49. The summed E-state index contributed by atoms with van der Waals surface area (Å²) in [4.78, 5) is 17.6. The van der Waals surface area contributed by atoms with E-state index in [2.05, 4.69) is 30.9 Å². The molecule has 0 radical (unpaired) electrons. The minimum atomic E-state index is -0.271. The molecule has 2 N–H and O–H groups in total. The molecule has 1 atom stereocenters. The molecule has 2 saturated heterocycles. The van der Waals surface area contributed by atoms with Crippen LogP contribution >= 0.6 is 35.3 Å². The van der Waals surface area contributed by atoms with E-state index in [1.807, 2.05) is 4.90 Å². The zero-order chi connectivity index (χ0) is 20.1. The summed E-state index contributed by atoms with van der Waals surface area (Å²) >= 11 is 1.74. The number of nitrogens with zero attached hydrogens (tertiary/aromatic N) is 5. The van der Waals surface area contributed by atoms with Crippen molar-refractivity contribution in [2.45, 2.75) is 31.7 Å². The number of aromatic nitrogens is 2. The van der Waals surface area contributed by atoms with Crippen LogP contribution in [0.5, 0.6) is 0 Å². The fourth-order valence-electron chi connectivity index (χ4n) is 3.84. The molecule has 2 aromatic heterocycles. The standard InChI is InChI=1S/C20H28FN7S.HI/c1-22-19(24-9-6-16-14-29-20(26-16)27-10-2-3-11-27)25-15-7-12-28(13-15)18-17(21)5-4-8-23-18;/h4-5,8,14-15H,2-3,6-7,9-13H2,1H3,(H2,22,24,25);1H. The van der Waals surface area contributed by atoms with E-state index in [4.69, 9.17) is 4.98 Å². The second kappa shape index (κ2) is 11.1. The molecule has 1 unspecified atom stereocenters. The van der Waals surface area contributed by atoms with E-state index in [1.54, 1.807) is 30.6 Å². The van der Waals surface area contributed by atoms with Crippen LogP contribution in [0, 0.1) is 5.82 Å². The normalized spacial score (nSPS) is 19.1. The van der Waals surface area contributed by atoms with Gasteiger partial charge < -0.3 is 20.4 Å². The van der Waals surface area contributed by atoms with Gasteiger partial charge in [0.05, 0.1) is 5.69 Å². The van der Waals surface area contributed by atoms with Crippen LogP contribution in [0.1, 0.15) is 25.0 Å². The van der Waals surface area contributed by atoms with Crippen molar-refractivity contribution in [2.24, 2.45) is 4.99 Å². The molecule has 164 valence electrons. The predicted octanol–water partition coefficient (Wildman–Crippen LogP) is 2.88. The SMILES string of the molecule is CN=C(NCCc1csc(N2CCCC2)n1)NC1CCN(c2ncccc2F)C1.I. The third-order valence-electron chi connectivity index (χ3n) is 5.38. The average molecular weight is 545 g/mol. The molecule has 2 aliphatic rings. The van der Waals surface area contributed by atoms with Gasteiger partial charge in [0.15, 0.2) is 22.7 Å². The number of guanidine groups is 1. The van der Waals surface area contributed by atoms with E-state index < -0.39 is 0 Å². The lowest BCUT2D eigenvalue weighted by atomic mass is 10.3. The summed E-state index contributed by atoms with van der Waals surface area (Å²) in [5.41, 5.74) is 1.12. The van der Waals surface area contributed by atoms with Crippen molar-refractivity contribution in [2.75, 3.05) is 49.6 Å². The maximum atomic E-state index is 14.0. The highest BCUT2D eigenvalue weighted by molar-refractivity contribution is 14.0. The Morgan fingerprint density at radius 1 is 1.30 bits per heavy atom. The molecule has 2 fully saturated rings. The van der Waals surface area contributed by atoms with Crippen molar-refractivity contribution >= 4 is 52.2 Å². The highest BCUT2D eigenvalue weighted by Crippen LogP contribution is 2.24. The molecule has 0 saturated carbocycles. The summed E-state index contributed by atoms with van der Waals surface area (Å²) in [7, 11) is 1.77. The van der Waals surface area contributed by atoms with Crippen LogP contribution in [0.3, 0.4) is 0 Å². The van der Waals surface area contributed by atoms with Crippen molar-refractivity contribution in [1.82, 2.24) is 20.6 Å². The predicted molar refractivity (Wildman–Crippen MR) is 132 cm³/mol. The van der Waals surface area contributed by atoms with E-state index in [-0.39, 0.29) is 35.8 Å². The number of hydrogen-bond donors (Lipinski definition) is 2. The fraction of sp³-hybridized carbons (Fsp3) is 0.550. The largest absolute Gasteiger partial charge is 0.356 e. The molecule has 0 amide bonds. The second-order valence-electron chi connectivity index (χ2n) is 7.45. The Bertz CT molecular complexity index is 840. The van der Waals surface area contributed by atoms with Crippen molar-refractivity contribution in [1.29, 1.82) is 0 Å². The molecular formula is C20H29FIN7S. The third kappa shape index (κ3) is 5.71. The second-order valence-corrected chi connectivity index (χ2v) is 8.29. The first kappa shape index (κ1) is 23.0. The van der Waals surface area contributed by atoms with Crippen LogP contribution in [0.15, 0.2) is 28.7 Å². The summed E-state index contributed by atoms with van der Waals surface area (Å²) in [6.45, 7) is 4.51. The van der Waals surface area contributed by atoms with Gasteiger partial charge in [-0.1, -0.05) is 0 Å². The lowest BCUT2D eigenvalue weighted by molar-refractivity contribution is 0.612. The maximum absolute atomic E-state index is 14.0. The van der Waals surface area contributed by atoms with E-state index in [1.165, 1.54) is 18.9 Å². The number of aliphatic imine (C=N–C) groups is 1. The molecule has 4 rings (SSSR count). The minimum absolute atomic E-state index is 0. The molecule has 0 aliphatic carbocycles. The Morgan fingerprint density at radius 3 is 2.90 bits per heavy atom. The lowest BCUT2D eigenvalue weighted by Gasteiger charge is -2.19. The van der Waals surface area contributed by atoms with Gasteiger partial charge in [-0.05, 0) is 31.4 Å². The first-order valence-electron chi connectivity index (χ1n) is 10.2. The number of rotatable bonds is 6. The first-order chi connectivity index (χ1) is 14.2. The molecule has 0 aromatic carbocycles. The third-order valence-corrected chi connectivity index (χ3v) is 6.33. The topological polar surface area (TPSA) is 68.7 Å². The zero-order valence-corrected chi connectivity index (χ0v) is 20.3. The van der Waals surface area contributed by atoms with Crippen LogP contribution in [0.4, 0.5) is 15.3 Å². The Morgan fingerprint density at radius 2 is 2.13 bits per heavy atom. The number of hydrogen-bond acceptors (Lipinski definition) is 6. The lowest BCUT2D eigenvalue weighted by Crippen LogP contribution is -2.45. The van der Waals surface area contributed by atoms with Crippen LogP contribution in [0.2, 0.25) is 0 Å². The number of halogens is 2. The smallest absolute Gasteiger partial charge is 0.191 e. The van der Waals surface area contributed by atoms with Crippen LogP contribution in [0.25, 0.3) is 0 Å². The van der Waals surface area contributed by atoms with Crippen molar-refractivity contribution < 1.29 is 4.39 Å². The molecule has 0 spiro atoms. The van der Waals surface area contributed by atoms with Crippen molar-refractivity contribution in [3.63, 3.8) is 0 Å². The summed E-state index contributed by atoms with van der Waals surface area (Å²) in [5.74, 6) is 0.928. The summed E-state index contributed by atoms with van der Waals surface area (Å²) in [6, 6.07) is 3.29. The Kier molecular flexibility index (Phi) is 8.49. The van der Waals surface area contributed by atoms with Gasteiger partial charge in [0.2, 0.25) is 0 Å². The quantitative estimate of drug-likeness (QED) is 0.331. The molecule has 2 aromatic rings. The highest BCUT2D eigenvalue weighted by Gasteiger charge is 2.26. The van der Waals surface area contributed by atoms with Crippen molar-refractivity contribution in [3.8, 4) is 0 Å². The molecule has 0 bridgehead atoms. The maximum Gasteiger partial charge on any atom is 0.191 e. The van der Waals surface area contributed by atoms with Gasteiger partial charge in [-0.15, -0.1) is 35.3 Å². The Hall–Kier alpha value is -1.69. The molecule has 2 aliphatic heterocycles. The van der Waals surface area contributed by atoms with E-state index in [0.717, 1.165) is 55.8 Å². The summed E-state index contributed by atoms with van der Waals surface area (Å²) in [6.07, 6.45) is 5.95. The molecule has 4 heterocycles. The van der Waals surface area contributed by atoms with Gasteiger partial charge in [-0.2, -0.15) is 0 Å². The number of anilines is 2. The van der Waals surface area contributed by atoms with Gasteiger partial charge in [0.1, 0.15) is 0 Å². The number of pyridine rings is 1. The Balaban J connectivity index is 0.00000256. The van der Waals surface area contributed by atoms with E-state index >= 15 is 0 Å². The number of thiazole rings is 1. The van der Waals surface area contributed by atoms with Crippen molar-refractivity contribution in [3.05, 3.63) is 35.2 Å².